The Hall–Kier alpha value is 0.254. The number of hydrogen-bond donors (Lipinski definition) is 0. The molecule has 0 amide bonds. The average molecular weight is 184 g/mol. The van der Waals surface area contributed by atoms with Crippen LogP contribution in [0.5, 0.6) is 0 Å². The number of carbonyl (C=O) groups excluding carboxylic acids is 1. The van der Waals surface area contributed by atoms with Crippen molar-refractivity contribution in [3.05, 3.63) is 24.3 Å². The molecule has 0 aromatic carbocycles. The van der Waals surface area contributed by atoms with Gasteiger partial charge in [0.2, 0.25) is 0 Å². The van der Waals surface area contributed by atoms with Gasteiger partial charge in [-0.25, -0.2) is 6.08 Å². The largest absolute Gasteiger partial charge is 0.419 e. The first-order chi connectivity index (χ1) is 3.31. The Morgan fingerprint density at radius 2 is 2.25 bits per heavy atom. The summed E-state index contributed by atoms with van der Waals surface area (Å²) in [6.45, 7) is 5.07. The maximum atomic E-state index is 9.65. The second-order valence-electron chi connectivity index (χ2n) is 1.19. The summed E-state index contributed by atoms with van der Waals surface area (Å²) in [6, 6.07) is 0. The molecule has 0 aromatic rings. The van der Waals surface area contributed by atoms with Crippen LogP contribution >= 0.6 is 0 Å². The van der Waals surface area contributed by atoms with Crippen molar-refractivity contribution in [2.24, 2.45) is 0 Å². The second kappa shape index (κ2) is 7.25. The molecule has 0 aliphatic carbocycles. The summed E-state index contributed by atoms with van der Waals surface area (Å²) in [5, 5.41) is 0. The normalized spacial score (nSPS) is 9.38. The van der Waals surface area contributed by atoms with Crippen molar-refractivity contribution in [1.82, 2.24) is 0 Å². The van der Waals surface area contributed by atoms with Crippen molar-refractivity contribution in [3.63, 3.8) is 0 Å². The first-order valence-electron chi connectivity index (χ1n) is 1.98. The van der Waals surface area contributed by atoms with E-state index in [1.165, 1.54) is 0 Å². The average Bonchev–Trinajstić information content (AvgIpc) is 1.68. The van der Waals surface area contributed by atoms with E-state index in [1.54, 1.807) is 25.4 Å². The molecule has 0 atom stereocenters. The molecule has 1 radical (unpaired) electrons. The molecule has 0 aliphatic rings. The molecule has 0 bridgehead atoms. The van der Waals surface area contributed by atoms with Crippen molar-refractivity contribution >= 4 is 6.29 Å². The van der Waals surface area contributed by atoms with Crippen LogP contribution < -0.4 is 0 Å². The summed E-state index contributed by atoms with van der Waals surface area (Å²) in [5.41, 5.74) is 0.579. The monoisotopic (exact) mass is 184 g/mol. The minimum absolute atomic E-state index is 0. The first kappa shape index (κ1) is 11.1. The van der Waals surface area contributed by atoms with Crippen molar-refractivity contribution < 1.29 is 37.5 Å². The van der Waals surface area contributed by atoms with Crippen LogP contribution in [0.1, 0.15) is 6.92 Å². The quantitative estimate of drug-likeness (QED) is 0.358. The molecule has 1 nitrogen and oxygen atoms in total. The predicted molar refractivity (Wildman–Crippen MR) is 29.6 cm³/mol. The van der Waals surface area contributed by atoms with Crippen LogP contribution in [0.2, 0.25) is 0 Å². The Balaban J connectivity index is 0. The van der Waals surface area contributed by atoms with E-state index in [0.29, 0.717) is 5.57 Å². The molecule has 0 heterocycles. The Morgan fingerprint density at radius 1 is 1.75 bits per heavy atom. The fourth-order valence-corrected chi connectivity index (χ4v) is 0.211. The topological polar surface area (TPSA) is 17.1 Å². The van der Waals surface area contributed by atoms with E-state index in [4.69, 9.17) is 0 Å². The predicted octanol–water partition coefficient (Wildman–Crippen LogP) is 1.23. The van der Waals surface area contributed by atoms with E-state index < -0.39 is 0 Å². The van der Waals surface area contributed by atoms with Gasteiger partial charge in [0.15, 0.2) is 0 Å². The zero-order valence-corrected chi connectivity index (χ0v) is 7.69. The minimum atomic E-state index is 0. The van der Waals surface area contributed by atoms with Gasteiger partial charge in [-0.3, -0.25) is 0 Å². The van der Waals surface area contributed by atoms with E-state index in [2.05, 4.69) is 6.58 Å². The molecule has 0 N–H and O–H groups in total. The van der Waals surface area contributed by atoms with Crippen molar-refractivity contribution in [3.8, 4) is 0 Å². The number of rotatable bonds is 2. The maximum absolute atomic E-state index is 9.65. The van der Waals surface area contributed by atoms with Crippen LogP contribution in [-0.2, 0) is 37.5 Å². The van der Waals surface area contributed by atoms with Gasteiger partial charge in [0, 0.05) is 32.7 Å². The summed E-state index contributed by atoms with van der Waals surface area (Å²) >= 11 is 0. The van der Waals surface area contributed by atoms with Crippen LogP contribution in [0.4, 0.5) is 0 Å². The van der Waals surface area contributed by atoms with Crippen molar-refractivity contribution in [1.29, 1.82) is 0 Å². The summed E-state index contributed by atoms with van der Waals surface area (Å²) in [7, 11) is 0. The van der Waals surface area contributed by atoms with E-state index in [0.717, 1.165) is 0 Å². The molecule has 0 aromatic heterocycles. The standard InChI is InChI=1S/C6H7O.Y/c1-3-4-6(2)5-7;/h3-4H,1H2,2H3;/q-1;/b6-4+;. The molecular weight excluding hydrogens is 177 g/mol. The maximum Gasteiger partial charge on any atom is 0 e. The number of hydrogen-bond acceptors (Lipinski definition) is 1. The Bertz CT molecular complexity index is 105. The van der Waals surface area contributed by atoms with Gasteiger partial charge in [-0.05, 0) is 6.29 Å². The molecule has 0 saturated heterocycles. The third kappa shape index (κ3) is 6.25. The Labute approximate surface area is 74.7 Å². The molecule has 41 valence electrons. The van der Waals surface area contributed by atoms with E-state index in [1.807, 2.05) is 0 Å². The zero-order chi connectivity index (χ0) is 5.70. The zero-order valence-electron chi connectivity index (χ0n) is 4.85. The molecule has 0 spiro atoms. The third-order valence-corrected chi connectivity index (χ3v) is 0.529. The van der Waals surface area contributed by atoms with Crippen LogP contribution in [0.3, 0.4) is 0 Å². The number of allylic oxidation sites excluding steroid dienone is 3. The van der Waals surface area contributed by atoms with Gasteiger partial charge in [-0.1, -0.05) is 6.92 Å². The fourth-order valence-electron chi connectivity index (χ4n) is 0.211. The van der Waals surface area contributed by atoms with Gasteiger partial charge in [0.05, 0.1) is 0 Å². The summed E-state index contributed by atoms with van der Waals surface area (Å²) in [6.07, 6.45) is 4.87. The van der Waals surface area contributed by atoms with Crippen LogP contribution in [0.25, 0.3) is 0 Å². The summed E-state index contributed by atoms with van der Waals surface area (Å²) in [5.74, 6) is 0. The Morgan fingerprint density at radius 3 is 2.38 bits per heavy atom. The van der Waals surface area contributed by atoms with Crippen LogP contribution in [0.15, 0.2) is 24.3 Å². The Kier molecular flexibility index (Phi) is 10.1. The van der Waals surface area contributed by atoms with E-state index >= 15 is 0 Å². The molecule has 0 unspecified atom stereocenters. The molecule has 0 fully saturated rings. The van der Waals surface area contributed by atoms with Gasteiger partial charge in [0.25, 0.3) is 0 Å². The molecule has 8 heavy (non-hydrogen) atoms. The van der Waals surface area contributed by atoms with Crippen LogP contribution in [0, 0.1) is 0 Å². The smallest absolute Gasteiger partial charge is 0 e. The molecule has 0 rings (SSSR count). The van der Waals surface area contributed by atoms with Crippen molar-refractivity contribution in [2.75, 3.05) is 0 Å². The van der Waals surface area contributed by atoms with Crippen molar-refractivity contribution in [2.45, 2.75) is 6.92 Å². The summed E-state index contributed by atoms with van der Waals surface area (Å²) < 4.78 is 0. The van der Waals surface area contributed by atoms with Crippen LogP contribution in [-0.4, -0.2) is 6.29 Å². The van der Waals surface area contributed by atoms with Gasteiger partial charge in [-0.15, -0.1) is 6.58 Å². The van der Waals surface area contributed by atoms with E-state index in [-0.39, 0.29) is 32.7 Å². The first-order valence-corrected chi connectivity index (χ1v) is 1.98. The van der Waals surface area contributed by atoms with Gasteiger partial charge in [0.1, 0.15) is 0 Å². The minimum Gasteiger partial charge on any atom is -0.419 e. The molecule has 0 aliphatic heterocycles. The molecule has 0 saturated carbocycles. The van der Waals surface area contributed by atoms with E-state index in [9.17, 15) is 4.79 Å². The van der Waals surface area contributed by atoms with Gasteiger partial charge < -0.3 is 4.79 Å². The second-order valence-corrected chi connectivity index (χ2v) is 1.19. The van der Waals surface area contributed by atoms with Gasteiger partial charge in [-0.2, -0.15) is 11.6 Å². The summed E-state index contributed by atoms with van der Waals surface area (Å²) in [4.78, 5) is 9.65. The third-order valence-electron chi connectivity index (χ3n) is 0.529. The van der Waals surface area contributed by atoms with Gasteiger partial charge >= 0.3 is 0 Å². The molecule has 2 heteroatoms. The SMILES string of the molecule is C=C/C=C(\C)[C-]=O.[Y]. The molecular formula is C6H7OY-. The fraction of sp³-hybridized carbons (Fsp3) is 0.167.